The van der Waals surface area contributed by atoms with Gasteiger partial charge in [0, 0.05) is 41.2 Å². The number of rotatable bonds is 5. The van der Waals surface area contributed by atoms with Gasteiger partial charge in [-0.3, -0.25) is 4.98 Å². The quantitative estimate of drug-likeness (QED) is 0.504. The van der Waals surface area contributed by atoms with E-state index in [1.165, 1.54) is 0 Å². The van der Waals surface area contributed by atoms with Crippen molar-refractivity contribution in [3.63, 3.8) is 0 Å². The number of benzene rings is 2. The van der Waals surface area contributed by atoms with Crippen LogP contribution in [-0.4, -0.2) is 15.0 Å². The van der Waals surface area contributed by atoms with E-state index in [4.69, 9.17) is 21.6 Å². The summed E-state index contributed by atoms with van der Waals surface area (Å²) in [5.41, 5.74) is 3.88. The molecule has 0 saturated carbocycles. The Labute approximate surface area is 162 Å². The molecule has 132 valence electrons. The summed E-state index contributed by atoms with van der Waals surface area (Å²) in [7, 11) is 0. The standard InChI is InChI=1S/C22H17ClN4/c23-19-10-8-16(9-11-19)14-25-21-13-20(18-7-4-12-24-15-18)26-22(27-21)17-5-2-1-3-6-17/h1-13,15H,14H2,(H,25,26,27). The Bertz CT molecular complexity index is 961. The highest BCUT2D eigenvalue weighted by Gasteiger charge is 2.09. The predicted molar refractivity (Wildman–Crippen MR) is 109 cm³/mol. The average Bonchev–Trinajstić information content (AvgIpc) is 2.74. The van der Waals surface area contributed by atoms with Gasteiger partial charge in [0.2, 0.25) is 0 Å². The van der Waals surface area contributed by atoms with Crippen LogP contribution in [0.1, 0.15) is 5.56 Å². The van der Waals surface area contributed by atoms with Gasteiger partial charge < -0.3 is 5.32 Å². The van der Waals surface area contributed by atoms with Crippen molar-refractivity contribution < 1.29 is 0 Å². The van der Waals surface area contributed by atoms with Gasteiger partial charge in [-0.1, -0.05) is 54.1 Å². The molecule has 0 bridgehead atoms. The van der Waals surface area contributed by atoms with Crippen molar-refractivity contribution in [3.05, 3.63) is 95.8 Å². The second-order valence-electron chi connectivity index (χ2n) is 6.05. The van der Waals surface area contributed by atoms with E-state index in [-0.39, 0.29) is 0 Å². The Kier molecular flexibility index (Phi) is 5.08. The summed E-state index contributed by atoms with van der Waals surface area (Å²) in [6, 6.07) is 23.6. The Balaban J connectivity index is 1.68. The molecule has 2 aromatic heterocycles. The van der Waals surface area contributed by atoms with Crippen LogP contribution in [0.15, 0.2) is 85.2 Å². The molecule has 0 aliphatic rings. The Morgan fingerprint density at radius 1 is 0.815 bits per heavy atom. The van der Waals surface area contributed by atoms with E-state index in [2.05, 4.69) is 10.3 Å². The van der Waals surface area contributed by atoms with Crippen LogP contribution in [0.25, 0.3) is 22.6 Å². The first-order valence-corrected chi connectivity index (χ1v) is 8.99. The molecule has 27 heavy (non-hydrogen) atoms. The van der Waals surface area contributed by atoms with Crippen LogP contribution in [0, 0.1) is 0 Å². The molecule has 0 spiro atoms. The molecule has 0 radical (unpaired) electrons. The molecule has 2 aromatic carbocycles. The lowest BCUT2D eigenvalue weighted by atomic mass is 10.1. The van der Waals surface area contributed by atoms with Gasteiger partial charge in [0.15, 0.2) is 5.82 Å². The molecule has 0 saturated heterocycles. The molecule has 4 nitrogen and oxygen atoms in total. The molecule has 0 unspecified atom stereocenters. The molecule has 0 atom stereocenters. The molecular formula is C22H17ClN4. The molecule has 4 rings (SSSR count). The topological polar surface area (TPSA) is 50.7 Å². The minimum Gasteiger partial charge on any atom is -0.366 e. The maximum Gasteiger partial charge on any atom is 0.162 e. The number of hydrogen-bond acceptors (Lipinski definition) is 4. The maximum atomic E-state index is 5.96. The second kappa shape index (κ2) is 7.98. The Hall–Kier alpha value is -3.24. The highest BCUT2D eigenvalue weighted by Crippen LogP contribution is 2.24. The lowest BCUT2D eigenvalue weighted by Gasteiger charge is -2.11. The zero-order chi connectivity index (χ0) is 18.5. The highest BCUT2D eigenvalue weighted by molar-refractivity contribution is 6.30. The summed E-state index contributed by atoms with van der Waals surface area (Å²) < 4.78 is 0. The Morgan fingerprint density at radius 3 is 2.33 bits per heavy atom. The predicted octanol–water partition coefficient (Wildman–Crippen LogP) is 5.47. The summed E-state index contributed by atoms with van der Waals surface area (Å²) in [6.07, 6.45) is 3.56. The van der Waals surface area contributed by atoms with Gasteiger partial charge >= 0.3 is 0 Å². The third-order valence-electron chi connectivity index (χ3n) is 4.10. The van der Waals surface area contributed by atoms with E-state index < -0.39 is 0 Å². The van der Waals surface area contributed by atoms with Gasteiger partial charge in [-0.2, -0.15) is 0 Å². The molecular weight excluding hydrogens is 356 g/mol. The molecule has 0 fully saturated rings. The van der Waals surface area contributed by atoms with Crippen LogP contribution in [0.4, 0.5) is 5.82 Å². The molecule has 0 aliphatic carbocycles. The van der Waals surface area contributed by atoms with E-state index in [0.717, 1.165) is 33.2 Å². The fraction of sp³-hybridized carbons (Fsp3) is 0.0455. The summed E-state index contributed by atoms with van der Waals surface area (Å²) in [5.74, 6) is 1.44. The summed E-state index contributed by atoms with van der Waals surface area (Å²) in [4.78, 5) is 13.6. The number of nitrogens with one attached hydrogen (secondary N) is 1. The van der Waals surface area contributed by atoms with Gasteiger partial charge in [-0.25, -0.2) is 9.97 Å². The van der Waals surface area contributed by atoms with Crippen LogP contribution in [0.5, 0.6) is 0 Å². The maximum absolute atomic E-state index is 5.96. The summed E-state index contributed by atoms with van der Waals surface area (Å²) >= 11 is 5.96. The van der Waals surface area contributed by atoms with E-state index in [1.807, 2.05) is 72.8 Å². The third kappa shape index (κ3) is 4.30. The van der Waals surface area contributed by atoms with Crippen molar-refractivity contribution in [2.45, 2.75) is 6.54 Å². The third-order valence-corrected chi connectivity index (χ3v) is 4.35. The second-order valence-corrected chi connectivity index (χ2v) is 6.49. The smallest absolute Gasteiger partial charge is 0.162 e. The van der Waals surface area contributed by atoms with Crippen LogP contribution in [0.3, 0.4) is 0 Å². The van der Waals surface area contributed by atoms with Crippen molar-refractivity contribution in [2.75, 3.05) is 5.32 Å². The van der Waals surface area contributed by atoms with Crippen LogP contribution < -0.4 is 5.32 Å². The zero-order valence-electron chi connectivity index (χ0n) is 14.5. The van der Waals surface area contributed by atoms with Gasteiger partial charge in [0.25, 0.3) is 0 Å². The fourth-order valence-corrected chi connectivity index (χ4v) is 2.84. The molecule has 1 N–H and O–H groups in total. The van der Waals surface area contributed by atoms with E-state index in [1.54, 1.807) is 12.4 Å². The average molecular weight is 373 g/mol. The monoisotopic (exact) mass is 372 g/mol. The van der Waals surface area contributed by atoms with Crippen molar-refractivity contribution in [1.82, 2.24) is 15.0 Å². The zero-order valence-corrected chi connectivity index (χ0v) is 15.3. The van der Waals surface area contributed by atoms with Gasteiger partial charge in [-0.15, -0.1) is 0 Å². The van der Waals surface area contributed by atoms with E-state index in [0.29, 0.717) is 12.4 Å². The molecule has 0 amide bonds. The molecule has 4 aromatic rings. The van der Waals surface area contributed by atoms with Crippen LogP contribution in [0.2, 0.25) is 5.02 Å². The first-order chi connectivity index (χ1) is 13.3. The number of halogens is 1. The van der Waals surface area contributed by atoms with Crippen molar-refractivity contribution in [1.29, 1.82) is 0 Å². The van der Waals surface area contributed by atoms with E-state index in [9.17, 15) is 0 Å². The fourth-order valence-electron chi connectivity index (χ4n) is 2.71. The van der Waals surface area contributed by atoms with Gasteiger partial charge in [0.05, 0.1) is 5.69 Å². The SMILES string of the molecule is Clc1ccc(CNc2cc(-c3cccnc3)nc(-c3ccccc3)n2)cc1. The number of pyridine rings is 1. The van der Waals surface area contributed by atoms with Gasteiger partial charge in [-0.05, 0) is 29.8 Å². The van der Waals surface area contributed by atoms with Crippen LogP contribution in [-0.2, 0) is 6.54 Å². The number of nitrogens with zero attached hydrogens (tertiary/aromatic N) is 3. The number of aromatic nitrogens is 3. The Morgan fingerprint density at radius 2 is 1.59 bits per heavy atom. The summed E-state index contributed by atoms with van der Waals surface area (Å²) in [6.45, 7) is 0.648. The summed E-state index contributed by atoms with van der Waals surface area (Å²) in [5, 5.41) is 4.11. The number of hydrogen-bond donors (Lipinski definition) is 1. The normalized spacial score (nSPS) is 10.6. The minimum atomic E-state index is 0.648. The minimum absolute atomic E-state index is 0.648. The first kappa shape index (κ1) is 17.2. The molecule has 5 heteroatoms. The van der Waals surface area contributed by atoms with E-state index >= 15 is 0 Å². The van der Waals surface area contributed by atoms with Crippen molar-refractivity contribution in [3.8, 4) is 22.6 Å². The first-order valence-electron chi connectivity index (χ1n) is 8.61. The van der Waals surface area contributed by atoms with Crippen molar-refractivity contribution >= 4 is 17.4 Å². The molecule has 2 heterocycles. The highest BCUT2D eigenvalue weighted by atomic mass is 35.5. The largest absolute Gasteiger partial charge is 0.366 e. The molecule has 0 aliphatic heterocycles. The number of anilines is 1. The van der Waals surface area contributed by atoms with Crippen molar-refractivity contribution in [2.24, 2.45) is 0 Å². The lowest BCUT2D eigenvalue weighted by molar-refractivity contribution is 1.09. The van der Waals surface area contributed by atoms with Gasteiger partial charge in [0.1, 0.15) is 5.82 Å². The lowest BCUT2D eigenvalue weighted by Crippen LogP contribution is -2.04. The van der Waals surface area contributed by atoms with Crippen LogP contribution >= 0.6 is 11.6 Å².